The highest BCUT2D eigenvalue weighted by Crippen LogP contribution is 2.18. The molecule has 72 valence electrons. The fourth-order valence-electron chi connectivity index (χ4n) is 0.940. The van der Waals surface area contributed by atoms with Gasteiger partial charge in [-0.1, -0.05) is 6.92 Å². The molecule has 1 heterocycles. The van der Waals surface area contributed by atoms with E-state index >= 15 is 0 Å². The summed E-state index contributed by atoms with van der Waals surface area (Å²) in [4.78, 5) is 7.96. The van der Waals surface area contributed by atoms with E-state index in [4.69, 9.17) is 5.73 Å². The topological polar surface area (TPSA) is 63.8 Å². The van der Waals surface area contributed by atoms with E-state index in [9.17, 15) is 0 Å². The molecule has 13 heavy (non-hydrogen) atoms. The quantitative estimate of drug-likeness (QED) is 0.841. The van der Waals surface area contributed by atoms with E-state index in [0.717, 1.165) is 16.7 Å². The van der Waals surface area contributed by atoms with Crippen molar-refractivity contribution < 1.29 is 0 Å². The molecule has 0 aliphatic heterocycles. The molecule has 0 aromatic carbocycles. The van der Waals surface area contributed by atoms with Crippen LogP contribution in [0.1, 0.15) is 13.3 Å². The molecule has 0 saturated heterocycles. The number of nitrogens with two attached hydrogens (primary N) is 1. The normalized spacial score (nSPS) is 12.5. The molecule has 1 aromatic heterocycles. The number of nitrogens with one attached hydrogen (secondary N) is 1. The van der Waals surface area contributed by atoms with E-state index in [0.29, 0.717) is 6.54 Å². The van der Waals surface area contributed by atoms with Crippen molar-refractivity contribution in [3.8, 4) is 0 Å². The van der Waals surface area contributed by atoms with Gasteiger partial charge in [0.25, 0.3) is 0 Å². The van der Waals surface area contributed by atoms with Crippen LogP contribution in [0, 0.1) is 0 Å². The van der Waals surface area contributed by atoms with Crippen LogP contribution in [0.2, 0.25) is 0 Å². The van der Waals surface area contributed by atoms with Crippen molar-refractivity contribution >= 4 is 21.7 Å². The number of halogens is 1. The van der Waals surface area contributed by atoms with Gasteiger partial charge in [-0.2, -0.15) is 0 Å². The molecular weight excluding hydrogens is 232 g/mol. The van der Waals surface area contributed by atoms with Crippen LogP contribution < -0.4 is 11.1 Å². The SMILES string of the molecule is CCC(CN)Nc1ncncc1Br. The summed E-state index contributed by atoms with van der Waals surface area (Å²) in [7, 11) is 0. The van der Waals surface area contributed by atoms with Gasteiger partial charge in [-0.3, -0.25) is 0 Å². The summed E-state index contributed by atoms with van der Waals surface area (Å²) in [6.07, 6.45) is 4.20. The van der Waals surface area contributed by atoms with Gasteiger partial charge in [-0.25, -0.2) is 9.97 Å². The molecule has 1 aromatic rings. The first-order chi connectivity index (χ1) is 6.27. The number of aromatic nitrogens is 2. The van der Waals surface area contributed by atoms with Crippen molar-refractivity contribution in [3.63, 3.8) is 0 Å². The van der Waals surface area contributed by atoms with Gasteiger partial charge < -0.3 is 11.1 Å². The Labute approximate surface area is 86.1 Å². The standard InChI is InChI=1S/C8H13BrN4/c1-2-6(3-10)13-8-7(9)4-11-5-12-8/h4-6H,2-3,10H2,1H3,(H,11,12,13). The minimum atomic E-state index is 0.270. The second-order valence-corrected chi connectivity index (χ2v) is 3.56. The van der Waals surface area contributed by atoms with Crippen molar-refractivity contribution in [1.82, 2.24) is 9.97 Å². The lowest BCUT2D eigenvalue weighted by Gasteiger charge is -2.15. The summed E-state index contributed by atoms with van der Waals surface area (Å²) in [5.74, 6) is 0.798. The van der Waals surface area contributed by atoms with Gasteiger partial charge in [0.05, 0.1) is 4.47 Å². The second-order valence-electron chi connectivity index (χ2n) is 2.70. The molecule has 0 fully saturated rings. The highest BCUT2D eigenvalue weighted by Gasteiger charge is 2.06. The predicted octanol–water partition coefficient (Wildman–Crippen LogP) is 1.39. The third kappa shape index (κ3) is 2.93. The molecule has 0 aliphatic rings. The number of anilines is 1. The first-order valence-electron chi connectivity index (χ1n) is 4.20. The van der Waals surface area contributed by atoms with Crippen molar-refractivity contribution in [2.75, 3.05) is 11.9 Å². The Morgan fingerprint density at radius 2 is 2.46 bits per heavy atom. The van der Waals surface area contributed by atoms with Crippen LogP contribution in [0.15, 0.2) is 17.0 Å². The van der Waals surface area contributed by atoms with E-state index in [1.165, 1.54) is 6.33 Å². The number of nitrogens with zero attached hydrogens (tertiary/aromatic N) is 2. The van der Waals surface area contributed by atoms with E-state index < -0.39 is 0 Å². The van der Waals surface area contributed by atoms with E-state index in [2.05, 4.69) is 38.1 Å². The summed E-state index contributed by atoms with van der Waals surface area (Å²) < 4.78 is 0.863. The molecule has 0 spiro atoms. The first-order valence-corrected chi connectivity index (χ1v) is 4.99. The summed E-state index contributed by atoms with van der Waals surface area (Å²) >= 11 is 3.35. The van der Waals surface area contributed by atoms with Gasteiger partial charge in [0.2, 0.25) is 0 Å². The highest BCUT2D eigenvalue weighted by molar-refractivity contribution is 9.10. The molecule has 4 nitrogen and oxygen atoms in total. The molecule has 0 saturated carbocycles. The zero-order chi connectivity index (χ0) is 9.68. The van der Waals surface area contributed by atoms with Crippen LogP contribution in [-0.2, 0) is 0 Å². The van der Waals surface area contributed by atoms with E-state index in [1.54, 1.807) is 6.20 Å². The number of rotatable bonds is 4. The lowest BCUT2D eigenvalue weighted by Crippen LogP contribution is -2.28. The Morgan fingerprint density at radius 3 is 3.00 bits per heavy atom. The monoisotopic (exact) mass is 244 g/mol. The molecule has 3 N–H and O–H groups in total. The zero-order valence-electron chi connectivity index (χ0n) is 7.50. The summed E-state index contributed by atoms with van der Waals surface area (Å²) in [6.45, 7) is 2.69. The van der Waals surface area contributed by atoms with Crippen molar-refractivity contribution in [1.29, 1.82) is 0 Å². The Hall–Kier alpha value is -0.680. The van der Waals surface area contributed by atoms with Crippen molar-refractivity contribution in [2.24, 2.45) is 5.73 Å². The Bertz CT molecular complexity index is 262. The van der Waals surface area contributed by atoms with Crippen LogP contribution >= 0.6 is 15.9 Å². The van der Waals surface area contributed by atoms with Crippen LogP contribution in [0.5, 0.6) is 0 Å². The summed E-state index contributed by atoms with van der Waals surface area (Å²) in [6, 6.07) is 0.270. The fraction of sp³-hybridized carbons (Fsp3) is 0.500. The Morgan fingerprint density at radius 1 is 1.69 bits per heavy atom. The van der Waals surface area contributed by atoms with E-state index in [-0.39, 0.29) is 6.04 Å². The van der Waals surface area contributed by atoms with Gasteiger partial charge in [-0.15, -0.1) is 0 Å². The highest BCUT2D eigenvalue weighted by atomic mass is 79.9. The molecular formula is C8H13BrN4. The maximum absolute atomic E-state index is 5.56. The average Bonchev–Trinajstić information content (AvgIpc) is 2.17. The van der Waals surface area contributed by atoms with Gasteiger partial charge in [0.15, 0.2) is 0 Å². The predicted molar refractivity (Wildman–Crippen MR) is 56.5 cm³/mol. The average molecular weight is 245 g/mol. The van der Waals surface area contributed by atoms with Gasteiger partial charge in [0, 0.05) is 18.8 Å². The van der Waals surface area contributed by atoms with Gasteiger partial charge in [0.1, 0.15) is 12.1 Å². The maximum atomic E-state index is 5.56. The summed E-state index contributed by atoms with van der Waals surface area (Å²) in [5.41, 5.74) is 5.56. The first kappa shape index (κ1) is 10.4. The molecule has 0 amide bonds. The van der Waals surface area contributed by atoms with Crippen LogP contribution in [-0.4, -0.2) is 22.6 Å². The minimum absolute atomic E-state index is 0.270. The van der Waals surface area contributed by atoms with Crippen molar-refractivity contribution in [2.45, 2.75) is 19.4 Å². The molecule has 0 bridgehead atoms. The lowest BCUT2D eigenvalue weighted by molar-refractivity contribution is 0.699. The third-order valence-corrected chi connectivity index (χ3v) is 2.37. The van der Waals surface area contributed by atoms with Crippen LogP contribution in [0.25, 0.3) is 0 Å². The molecule has 0 radical (unpaired) electrons. The molecule has 0 aliphatic carbocycles. The number of hydrogen-bond donors (Lipinski definition) is 2. The van der Waals surface area contributed by atoms with Crippen LogP contribution in [0.4, 0.5) is 5.82 Å². The molecule has 1 unspecified atom stereocenters. The molecule has 1 rings (SSSR count). The maximum Gasteiger partial charge on any atom is 0.143 e. The second kappa shape index (κ2) is 5.14. The molecule has 1 atom stereocenters. The van der Waals surface area contributed by atoms with Gasteiger partial charge >= 0.3 is 0 Å². The van der Waals surface area contributed by atoms with Crippen molar-refractivity contribution in [3.05, 3.63) is 17.0 Å². The third-order valence-electron chi connectivity index (χ3n) is 1.79. The number of hydrogen-bond acceptors (Lipinski definition) is 4. The lowest BCUT2D eigenvalue weighted by atomic mass is 10.2. The van der Waals surface area contributed by atoms with Crippen LogP contribution in [0.3, 0.4) is 0 Å². The largest absolute Gasteiger partial charge is 0.365 e. The Kier molecular flexibility index (Phi) is 4.11. The zero-order valence-corrected chi connectivity index (χ0v) is 9.08. The van der Waals surface area contributed by atoms with E-state index in [1.807, 2.05) is 0 Å². The summed E-state index contributed by atoms with van der Waals surface area (Å²) in [5, 5.41) is 3.22. The van der Waals surface area contributed by atoms with Gasteiger partial charge in [-0.05, 0) is 22.4 Å². The Balaban J connectivity index is 2.67. The smallest absolute Gasteiger partial charge is 0.143 e. The molecule has 5 heteroatoms. The fourth-order valence-corrected chi connectivity index (χ4v) is 1.27. The minimum Gasteiger partial charge on any atom is -0.365 e.